The maximum absolute atomic E-state index is 11.0. The van der Waals surface area contributed by atoms with Crippen molar-refractivity contribution >= 4 is 5.97 Å². The molecule has 4 heteroatoms. The molecule has 0 radical (unpaired) electrons. The molecule has 2 heterocycles. The molecule has 0 amide bonds. The second-order valence-electron chi connectivity index (χ2n) is 2.78. The average molecular weight is 158 g/mol. The zero-order chi connectivity index (χ0) is 7.84. The number of hydrogen-bond acceptors (Lipinski definition) is 4. The Hall–Kier alpha value is -0.610. The first-order valence-electron chi connectivity index (χ1n) is 3.70. The predicted molar refractivity (Wildman–Crippen MR) is 34.8 cm³/mol. The Morgan fingerprint density at radius 2 is 2.36 bits per heavy atom. The van der Waals surface area contributed by atoms with Gasteiger partial charge in [0.1, 0.15) is 6.10 Å². The van der Waals surface area contributed by atoms with E-state index in [0.717, 1.165) is 12.8 Å². The molecule has 0 saturated carbocycles. The minimum Gasteiger partial charge on any atom is -0.431 e. The second-order valence-corrected chi connectivity index (χ2v) is 2.78. The summed E-state index contributed by atoms with van der Waals surface area (Å²) in [6.07, 6.45) is 0.772. The summed E-state index contributed by atoms with van der Waals surface area (Å²) in [6, 6.07) is 0. The molecule has 2 aliphatic rings. The number of carbonyl (C=O) groups is 1. The topological polar surface area (TPSA) is 44.8 Å². The lowest BCUT2D eigenvalue weighted by Crippen LogP contribution is -2.41. The molecule has 0 N–H and O–H groups in total. The molecule has 2 fully saturated rings. The van der Waals surface area contributed by atoms with Crippen LogP contribution in [0.2, 0.25) is 0 Å². The van der Waals surface area contributed by atoms with Crippen LogP contribution in [-0.2, 0) is 19.0 Å². The van der Waals surface area contributed by atoms with Crippen LogP contribution in [0.3, 0.4) is 0 Å². The molecule has 0 aliphatic carbocycles. The Morgan fingerprint density at radius 1 is 1.55 bits per heavy atom. The van der Waals surface area contributed by atoms with Gasteiger partial charge in [-0.15, -0.1) is 0 Å². The van der Waals surface area contributed by atoms with Crippen molar-refractivity contribution in [1.82, 2.24) is 0 Å². The molecule has 0 unspecified atom stereocenters. The fourth-order valence-corrected chi connectivity index (χ4v) is 1.50. The van der Waals surface area contributed by atoms with E-state index >= 15 is 0 Å². The van der Waals surface area contributed by atoms with Gasteiger partial charge in [0, 0.05) is 7.11 Å². The van der Waals surface area contributed by atoms with Crippen molar-refractivity contribution in [3.05, 3.63) is 0 Å². The second kappa shape index (κ2) is 2.46. The molecule has 3 atom stereocenters. The van der Waals surface area contributed by atoms with E-state index in [-0.39, 0.29) is 18.2 Å². The van der Waals surface area contributed by atoms with Crippen LogP contribution in [0.25, 0.3) is 0 Å². The van der Waals surface area contributed by atoms with Gasteiger partial charge in [-0.2, -0.15) is 0 Å². The lowest BCUT2D eigenvalue weighted by molar-refractivity contribution is -0.232. The van der Waals surface area contributed by atoms with Crippen LogP contribution in [0.1, 0.15) is 12.8 Å². The smallest absolute Gasteiger partial charge is 0.337 e. The molecule has 0 aromatic carbocycles. The molecular weight excluding hydrogens is 148 g/mol. The number of hydrogen-bond donors (Lipinski definition) is 0. The van der Waals surface area contributed by atoms with E-state index < -0.39 is 6.29 Å². The number of rotatable bonds is 1. The minimum absolute atomic E-state index is 0.0392. The Bertz CT molecular complexity index is 179. The molecule has 0 aromatic rings. The van der Waals surface area contributed by atoms with Crippen LogP contribution < -0.4 is 0 Å². The number of fused-ring (bicyclic) bond motifs is 2. The van der Waals surface area contributed by atoms with Gasteiger partial charge in [0.25, 0.3) is 0 Å². The zero-order valence-electron chi connectivity index (χ0n) is 6.28. The summed E-state index contributed by atoms with van der Waals surface area (Å²) < 4.78 is 15.2. The van der Waals surface area contributed by atoms with Gasteiger partial charge in [-0.25, -0.2) is 4.79 Å². The van der Waals surface area contributed by atoms with Crippen molar-refractivity contribution in [3.63, 3.8) is 0 Å². The van der Waals surface area contributed by atoms with Crippen molar-refractivity contribution < 1.29 is 19.0 Å². The van der Waals surface area contributed by atoms with Crippen molar-refractivity contribution in [2.75, 3.05) is 7.11 Å². The molecule has 2 bridgehead atoms. The summed E-state index contributed by atoms with van der Waals surface area (Å²) in [6.45, 7) is 0. The summed E-state index contributed by atoms with van der Waals surface area (Å²) in [5.41, 5.74) is 0. The van der Waals surface area contributed by atoms with Gasteiger partial charge in [-0.3, -0.25) is 0 Å². The van der Waals surface area contributed by atoms with Gasteiger partial charge in [0.05, 0.1) is 0 Å². The molecule has 0 spiro atoms. The maximum atomic E-state index is 11.0. The van der Waals surface area contributed by atoms with E-state index in [4.69, 9.17) is 14.2 Å². The number of methoxy groups -OCH3 is 1. The van der Waals surface area contributed by atoms with Crippen molar-refractivity contribution in [1.29, 1.82) is 0 Å². The highest BCUT2D eigenvalue weighted by atomic mass is 16.7. The summed E-state index contributed by atoms with van der Waals surface area (Å²) in [5, 5.41) is 0. The van der Waals surface area contributed by atoms with Crippen LogP contribution in [0, 0.1) is 0 Å². The predicted octanol–water partition coefficient (Wildman–Crippen LogP) is 0.0633. The SMILES string of the molecule is CO[C@@H]1OC(=O)[C@H]2CC[C@@H]1O2. The summed E-state index contributed by atoms with van der Waals surface area (Å²) in [4.78, 5) is 11.0. The Labute approximate surface area is 64.4 Å². The Morgan fingerprint density at radius 3 is 3.09 bits per heavy atom. The first kappa shape index (κ1) is 7.06. The number of cyclic esters (lactones) is 1. The van der Waals surface area contributed by atoms with Crippen LogP contribution in [0.4, 0.5) is 0 Å². The molecule has 0 aromatic heterocycles. The van der Waals surface area contributed by atoms with Gasteiger partial charge >= 0.3 is 5.97 Å². The van der Waals surface area contributed by atoms with Gasteiger partial charge < -0.3 is 14.2 Å². The monoisotopic (exact) mass is 158 g/mol. The third-order valence-electron chi connectivity index (χ3n) is 2.08. The number of carbonyl (C=O) groups excluding carboxylic acids is 1. The largest absolute Gasteiger partial charge is 0.431 e. The Balaban J connectivity index is 2.11. The van der Waals surface area contributed by atoms with E-state index in [1.807, 2.05) is 0 Å². The quantitative estimate of drug-likeness (QED) is 0.506. The van der Waals surface area contributed by atoms with Gasteiger partial charge in [0.15, 0.2) is 6.10 Å². The highest BCUT2D eigenvalue weighted by Gasteiger charge is 2.43. The number of ether oxygens (including phenoxy) is 3. The van der Waals surface area contributed by atoms with E-state index in [1.54, 1.807) is 0 Å². The third kappa shape index (κ3) is 1.02. The standard InChI is InChI=1S/C7H10O4/c1-9-7-5-3-2-4(10-5)6(8)11-7/h4-5,7H,2-3H2,1H3/t4-,5+,7-/m1/s1. The molecular formula is C7H10O4. The third-order valence-corrected chi connectivity index (χ3v) is 2.08. The molecule has 4 nitrogen and oxygen atoms in total. The van der Waals surface area contributed by atoms with Crippen molar-refractivity contribution in [3.8, 4) is 0 Å². The molecule has 11 heavy (non-hydrogen) atoms. The van der Waals surface area contributed by atoms with Crippen LogP contribution in [-0.4, -0.2) is 31.6 Å². The zero-order valence-corrected chi connectivity index (χ0v) is 6.28. The van der Waals surface area contributed by atoms with Gasteiger partial charge in [-0.1, -0.05) is 0 Å². The van der Waals surface area contributed by atoms with E-state index in [2.05, 4.69) is 0 Å². The molecule has 2 aliphatic heterocycles. The average Bonchev–Trinajstić information content (AvgIpc) is 2.43. The molecule has 2 rings (SSSR count). The highest BCUT2D eigenvalue weighted by molar-refractivity contribution is 5.76. The normalized spacial score (nSPS) is 42.3. The summed E-state index contributed by atoms with van der Waals surface area (Å²) >= 11 is 0. The van der Waals surface area contributed by atoms with Crippen LogP contribution >= 0.6 is 0 Å². The van der Waals surface area contributed by atoms with Gasteiger partial charge in [-0.05, 0) is 12.8 Å². The number of esters is 1. The Kier molecular flexibility index (Phi) is 1.58. The van der Waals surface area contributed by atoms with E-state index in [9.17, 15) is 4.79 Å². The fourth-order valence-electron chi connectivity index (χ4n) is 1.50. The molecule has 62 valence electrons. The van der Waals surface area contributed by atoms with Crippen LogP contribution in [0.15, 0.2) is 0 Å². The lowest BCUT2D eigenvalue weighted by Gasteiger charge is -2.27. The first-order chi connectivity index (χ1) is 5.31. The minimum atomic E-state index is -0.485. The summed E-state index contributed by atoms with van der Waals surface area (Å²) in [7, 11) is 1.51. The lowest BCUT2D eigenvalue weighted by atomic mass is 10.2. The van der Waals surface area contributed by atoms with Gasteiger partial charge in [0.2, 0.25) is 6.29 Å². The first-order valence-corrected chi connectivity index (χ1v) is 3.70. The maximum Gasteiger partial charge on any atom is 0.337 e. The van der Waals surface area contributed by atoms with E-state index in [0.29, 0.717) is 0 Å². The fraction of sp³-hybridized carbons (Fsp3) is 0.857. The van der Waals surface area contributed by atoms with E-state index in [1.165, 1.54) is 7.11 Å². The summed E-state index contributed by atoms with van der Waals surface area (Å²) in [5.74, 6) is -0.286. The molecule has 2 saturated heterocycles. The highest BCUT2D eigenvalue weighted by Crippen LogP contribution is 2.29. The van der Waals surface area contributed by atoms with Crippen molar-refractivity contribution in [2.45, 2.75) is 31.3 Å². The van der Waals surface area contributed by atoms with Crippen LogP contribution in [0.5, 0.6) is 0 Å². The van der Waals surface area contributed by atoms with Crippen molar-refractivity contribution in [2.24, 2.45) is 0 Å².